The monoisotopic (exact) mass is 320 g/mol. The van der Waals surface area contributed by atoms with Crippen molar-refractivity contribution in [2.75, 3.05) is 0 Å². The van der Waals surface area contributed by atoms with Crippen molar-refractivity contribution < 1.29 is 8.42 Å². The van der Waals surface area contributed by atoms with Crippen molar-refractivity contribution >= 4 is 21.4 Å². The minimum Gasteiger partial charge on any atom is -0.207 e. The van der Waals surface area contributed by atoms with Crippen LogP contribution < -0.4 is 4.72 Å². The van der Waals surface area contributed by atoms with Crippen LogP contribution in [-0.4, -0.2) is 8.42 Å². The molecule has 110 valence electrons. The van der Waals surface area contributed by atoms with Gasteiger partial charge in [-0.1, -0.05) is 0 Å². The highest BCUT2D eigenvalue weighted by Gasteiger charge is 2.15. The maximum atomic E-state index is 12.3. The summed E-state index contributed by atoms with van der Waals surface area (Å²) in [6.45, 7) is 6.03. The van der Waals surface area contributed by atoms with Crippen LogP contribution in [0, 0.1) is 32.1 Å². The van der Waals surface area contributed by atoms with Gasteiger partial charge in [0, 0.05) is 16.3 Å². The Morgan fingerprint density at radius 3 is 2.43 bits per heavy atom. The van der Waals surface area contributed by atoms with E-state index in [1.165, 1.54) is 28.6 Å². The van der Waals surface area contributed by atoms with Crippen LogP contribution in [0.1, 0.15) is 26.4 Å². The molecule has 1 heterocycles. The highest BCUT2D eigenvalue weighted by Crippen LogP contribution is 2.21. The molecule has 0 aliphatic heterocycles. The Bertz CT molecular complexity index is 795. The van der Waals surface area contributed by atoms with Crippen LogP contribution in [0.2, 0.25) is 0 Å². The van der Waals surface area contributed by atoms with E-state index in [1.807, 2.05) is 26.0 Å². The fourth-order valence-corrected chi connectivity index (χ4v) is 4.09. The summed E-state index contributed by atoms with van der Waals surface area (Å²) in [5, 5.41) is 8.88. The van der Waals surface area contributed by atoms with Gasteiger partial charge < -0.3 is 0 Å². The fraction of sp³-hybridized carbons (Fsp3) is 0.267. The quantitative estimate of drug-likeness (QED) is 0.941. The van der Waals surface area contributed by atoms with Gasteiger partial charge in [-0.15, -0.1) is 11.3 Å². The molecule has 1 N–H and O–H groups in total. The van der Waals surface area contributed by atoms with Crippen LogP contribution in [0.25, 0.3) is 0 Å². The van der Waals surface area contributed by atoms with Crippen molar-refractivity contribution in [1.29, 1.82) is 5.26 Å². The smallest absolute Gasteiger partial charge is 0.207 e. The number of benzene rings is 1. The molecule has 0 radical (unpaired) electrons. The highest BCUT2D eigenvalue weighted by molar-refractivity contribution is 7.89. The Labute approximate surface area is 129 Å². The number of nitrogens with zero attached hydrogens (tertiary/aromatic N) is 1. The van der Waals surface area contributed by atoms with Gasteiger partial charge in [0.25, 0.3) is 0 Å². The maximum absolute atomic E-state index is 12.3. The third kappa shape index (κ3) is 3.50. The predicted octanol–water partition coefficient (Wildman–Crippen LogP) is 3.02. The molecule has 1 aromatic heterocycles. The Balaban J connectivity index is 2.19. The van der Waals surface area contributed by atoms with Gasteiger partial charge in [-0.2, -0.15) is 5.26 Å². The van der Waals surface area contributed by atoms with E-state index in [-0.39, 0.29) is 11.4 Å². The summed E-state index contributed by atoms with van der Waals surface area (Å²) in [5.74, 6) is 0. The van der Waals surface area contributed by atoms with Gasteiger partial charge >= 0.3 is 0 Å². The number of aryl methyl sites for hydroxylation is 3. The van der Waals surface area contributed by atoms with Crippen LogP contribution in [0.5, 0.6) is 0 Å². The number of thiophene rings is 1. The zero-order chi connectivity index (χ0) is 15.6. The molecule has 2 aromatic rings. The van der Waals surface area contributed by atoms with Crippen molar-refractivity contribution in [3.05, 3.63) is 50.7 Å². The van der Waals surface area contributed by atoms with Crippen LogP contribution in [-0.2, 0) is 16.6 Å². The molecule has 2 rings (SSSR count). The summed E-state index contributed by atoms with van der Waals surface area (Å²) in [4.78, 5) is 2.36. The molecule has 0 spiro atoms. The second-order valence-electron chi connectivity index (χ2n) is 4.86. The number of nitrogens with one attached hydrogen (secondary N) is 1. The molecule has 0 fully saturated rings. The molecule has 0 atom stereocenters. The van der Waals surface area contributed by atoms with E-state index in [0.717, 1.165) is 4.88 Å². The first-order chi connectivity index (χ1) is 9.83. The van der Waals surface area contributed by atoms with E-state index in [9.17, 15) is 8.42 Å². The van der Waals surface area contributed by atoms with E-state index >= 15 is 0 Å². The zero-order valence-corrected chi connectivity index (χ0v) is 13.7. The minimum absolute atomic E-state index is 0.184. The lowest BCUT2D eigenvalue weighted by Gasteiger charge is -2.07. The van der Waals surface area contributed by atoms with Gasteiger partial charge in [-0.3, -0.25) is 0 Å². The summed E-state index contributed by atoms with van der Waals surface area (Å²) >= 11 is 1.59. The van der Waals surface area contributed by atoms with Gasteiger partial charge in [0.2, 0.25) is 10.0 Å². The van der Waals surface area contributed by atoms with E-state index < -0.39 is 10.0 Å². The van der Waals surface area contributed by atoms with Crippen LogP contribution >= 0.6 is 11.3 Å². The van der Waals surface area contributed by atoms with Gasteiger partial charge in [-0.05, 0) is 56.2 Å². The fourth-order valence-electron chi connectivity index (χ4n) is 1.92. The first kappa shape index (κ1) is 15.7. The molecule has 0 aliphatic rings. The van der Waals surface area contributed by atoms with E-state index in [4.69, 9.17) is 5.26 Å². The average Bonchev–Trinajstić information content (AvgIpc) is 2.76. The third-order valence-electron chi connectivity index (χ3n) is 3.28. The van der Waals surface area contributed by atoms with Gasteiger partial charge in [-0.25, -0.2) is 13.1 Å². The van der Waals surface area contributed by atoms with E-state index in [1.54, 1.807) is 18.3 Å². The molecule has 0 unspecified atom stereocenters. The van der Waals surface area contributed by atoms with Crippen LogP contribution in [0.3, 0.4) is 0 Å². The molecule has 0 aliphatic carbocycles. The topological polar surface area (TPSA) is 70.0 Å². The number of hydrogen-bond donors (Lipinski definition) is 1. The maximum Gasteiger partial charge on any atom is 0.240 e. The Morgan fingerprint density at radius 2 is 1.90 bits per heavy atom. The van der Waals surface area contributed by atoms with Gasteiger partial charge in [0.1, 0.15) is 0 Å². The first-order valence-corrected chi connectivity index (χ1v) is 8.70. The summed E-state index contributed by atoms with van der Waals surface area (Å²) in [6, 6.07) is 8.53. The van der Waals surface area contributed by atoms with Crippen LogP contribution in [0.4, 0.5) is 0 Å². The van der Waals surface area contributed by atoms with Crippen molar-refractivity contribution in [3.63, 3.8) is 0 Å². The Kier molecular flexibility index (Phi) is 4.47. The van der Waals surface area contributed by atoms with Gasteiger partial charge in [0.05, 0.1) is 16.5 Å². The zero-order valence-electron chi connectivity index (χ0n) is 12.1. The second-order valence-corrected chi connectivity index (χ2v) is 7.97. The summed E-state index contributed by atoms with van der Waals surface area (Å²) in [7, 11) is -3.56. The van der Waals surface area contributed by atoms with Gasteiger partial charge in [0.15, 0.2) is 0 Å². The number of sulfonamides is 1. The molecular formula is C15H16N2O2S2. The van der Waals surface area contributed by atoms with Crippen molar-refractivity contribution in [2.45, 2.75) is 32.2 Å². The SMILES string of the molecule is Cc1cc(S(=O)(=O)NCc2cc(C)c(C)s2)ccc1C#N. The highest BCUT2D eigenvalue weighted by atomic mass is 32.2. The molecule has 0 saturated heterocycles. The lowest BCUT2D eigenvalue weighted by atomic mass is 10.1. The second kappa shape index (κ2) is 5.98. The standard InChI is InChI=1S/C15H16N2O2S2/c1-10-6-14(20-12(10)3)9-17-21(18,19)15-5-4-13(8-16)11(2)7-15/h4-7,17H,9H2,1-3H3. The first-order valence-electron chi connectivity index (χ1n) is 6.40. The molecule has 0 saturated carbocycles. The molecule has 0 bridgehead atoms. The average molecular weight is 320 g/mol. The predicted molar refractivity (Wildman–Crippen MR) is 83.7 cm³/mol. The minimum atomic E-state index is -3.56. The van der Waals surface area contributed by atoms with E-state index in [0.29, 0.717) is 11.1 Å². The van der Waals surface area contributed by atoms with Crippen molar-refractivity contribution in [1.82, 2.24) is 4.72 Å². The summed E-state index contributed by atoms with van der Waals surface area (Å²) in [5.41, 5.74) is 2.31. The molecular weight excluding hydrogens is 304 g/mol. The Hall–Kier alpha value is -1.68. The summed E-state index contributed by atoms with van der Waals surface area (Å²) < 4.78 is 27.1. The third-order valence-corrected chi connectivity index (χ3v) is 5.83. The Morgan fingerprint density at radius 1 is 1.19 bits per heavy atom. The number of rotatable bonds is 4. The largest absolute Gasteiger partial charge is 0.240 e. The lowest BCUT2D eigenvalue weighted by Crippen LogP contribution is -2.22. The molecule has 0 amide bonds. The van der Waals surface area contributed by atoms with Crippen molar-refractivity contribution in [2.24, 2.45) is 0 Å². The summed E-state index contributed by atoms with van der Waals surface area (Å²) in [6.07, 6.45) is 0. The van der Waals surface area contributed by atoms with Crippen molar-refractivity contribution in [3.8, 4) is 6.07 Å². The normalized spacial score (nSPS) is 11.3. The lowest BCUT2D eigenvalue weighted by molar-refractivity contribution is 0.581. The molecule has 21 heavy (non-hydrogen) atoms. The molecule has 4 nitrogen and oxygen atoms in total. The number of nitriles is 1. The van der Waals surface area contributed by atoms with E-state index in [2.05, 4.69) is 4.72 Å². The number of hydrogen-bond acceptors (Lipinski definition) is 4. The van der Waals surface area contributed by atoms with Crippen LogP contribution in [0.15, 0.2) is 29.2 Å². The molecule has 6 heteroatoms. The molecule has 1 aromatic carbocycles.